The molecular formula is C13H18N2O3. The maximum Gasteiger partial charge on any atom is 0.256 e. The normalized spacial score (nSPS) is 19.2. The van der Waals surface area contributed by atoms with Crippen molar-refractivity contribution >= 4 is 11.6 Å². The van der Waals surface area contributed by atoms with Crippen LogP contribution in [0.1, 0.15) is 23.2 Å². The van der Waals surface area contributed by atoms with Crippen molar-refractivity contribution in [2.45, 2.75) is 12.8 Å². The van der Waals surface area contributed by atoms with Gasteiger partial charge in [0.25, 0.3) is 5.91 Å². The Balaban J connectivity index is 2.10. The van der Waals surface area contributed by atoms with Crippen LogP contribution in [0.5, 0.6) is 5.75 Å². The molecule has 1 fully saturated rings. The highest BCUT2D eigenvalue weighted by Crippen LogP contribution is 2.25. The van der Waals surface area contributed by atoms with Gasteiger partial charge in [-0.25, -0.2) is 0 Å². The van der Waals surface area contributed by atoms with Crippen LogP contribution in [0.4, 0.5) is 5.69 Å². The molecule has 0 aliphatic carbocycles. The number of hydrogen-bond acceptors (Lipinski definition) is 4. The van der Waals surface area contributed by atoms with Crippen LogP contribution in [0, 0.1) is 5.92 Å². The van der Waals surface area contributed by atoms with Crippen LogP contribution in [0.15, 0.2) is 18.2 Å². The van der Waals surface area contributed by atoms with E-state index in [0.29, 0.717) is 30.3 Å². The molecule has 1 amide bonds. The number of aliphatic hydroxyl groups is 1. The zero-order valence-electron chi connectivity index (χ0n) is 10.2. The SMILES string of the molecule is Nc1ccc(O)cc1C(=O)N1CCC(CCO)C1. The van der Waals surface area contributed by atoms with Gasteiger partial charge < -0.3 is 20.8 Å². The fourth-order valence-electron chi connectivity index (χ4n) is 2.34. The van der Waals surface area contributed by atoms with Gasteiger partial charge in [-0.1, -0.05) is 0 Å². The van der Waals surface area contributed by atoms with Gasteiger partial charge in [-0.2, -0.15) is 0 Å². The second-order valence-corrected chi connectivity index (χ2v) is 4.69. The Kier molecular flexibility index (Phi) is 3.72. The number of benzene rings is 1. The van der Waals surface area contributed by atoms with E-state index in [0.717, 1.165) is 12.8 Å². The Labute approximate surface area is 106 Å². The molecular weight excluding hydrogens is 232 g/mol. The van der Waals surface area contributed by atoms with Gasteiger partial charge in [0.15, 0.2) is 0 Å². The van der Waals surface area contributed by atoms with Crippen molar-refractivity contribution < 1.29 is 15.0 Å². The van der Waals surface area contributed by atoms with E-state index in [1.807, 2.05) is 0 Å². The standard InChI is InChI=1S/C13H18N2O3/c14-12-2-1-10(17)7-11(12)13(18)15-5-3-9(8-15)4-6-16/h1-2,7,9,16-17H,3-6,8,14H2. The highest BCUT2D eigenvalue weighted by molar-refractivity contribution is 5.99. The summed E-state index contributed by atoms with van der Waals surface area (Å²) in [5.74, 6) is 0.250. The third kappa shape index (κ3) is 2.56. The summed E-state index contributed by atoms with van der Waals surface area (Å²) in [5.41, 5.74) is 6.48. The average molecular weight is 250 g/mol. The lowest BCUT2D eigenvalue weighted by Gasteiger charge is -2.17. The number of rotatable bonds is 3. The Morgan fingerprint density at radius 1 is 1.50 bits per heavy atom. The highest BCUT2D eigenvalue weighted by Gasteiger charge is 2.27. The van der Waals surface area contributed by atoms with E-state index in [2.05, 4.69) is 0 Å². The van der Waals surface area contributed by atoms with E-state index in [-0.39, 0.29) is 18.3 Å². The summed E-state index contributed by atoms with van der Waals surface area (Å²) >= 11 is 0. The van der Waals surface area contributed by atoms with E-state index in [4.69, 9.17) is 10.8 Å². The van der Waals surface area contributed by atoms with Gasteiger partial charge in [-0.3, -0.25) is 4.79 Å². The first-order valence-electron chi connectivity index (χ1n) is 6.10. The Hall–Kier alpha value is -1.75. The minimum absolute atomic E-state index is 0.0404. The predicted molar refractivity (Wildman–Crippen MR) is 68.2 cm³/mol. The first-order chi connectivity index (χ1) is 8.61. The molecule has 98 valence electrons. The van der Waals surface area contributed by atoms with Crippen molar-refractivity contribution in [1.82, 2.24) is 4.90 Å². The average Bonchev–Trinajstić information content (AvgIpc) is 2.80. The number of likely N-dealkylation sites (tertiary alicyclic amines) is 1. The number of aromatic hydroxyl groups is 1. The number of carbonyl (C=O) groups is 1. The van der Waals surface area contributed by atoms with Crippen molar-refractivity contribution in [1.29, 1.82) is 0 Å². The van der Waals surface area contributed by atoms with Crippen molar-refractivity contribution in [3.8, 4) is 5.75 Å². The molecule has 1 unspecified atom stereocenters. The minimum atomic E-state index is -0.149. The van der Waals surface area contributed by atoms with Gasteiger partial charge in [-0.15, -0.1) is 0 Å². The molecule has 0 bridgehead atoms. The second kappa shape index (κ2) is 5.27. The van der Waals surface area contributed by atoms with Crippen LogP contribution in [0.2, 0.25) is 0 Å². The van der Waals surface area contributed by atoms with E-state index in [1.54, 1.807) is 4.90 Å². The maximum absolute atomic E-state index is 12.2. The summed E-state index contributed by atoms with van der Waals surface area (Å²) in [4.78, 5) is 14.0. The van der Waals surface area contributed by atoms with E-state index in [1.165, 1.54) is 18.2 Å². The van der Waals surface area contributed by atoms with Gasteiger partial charge in [-0.05, 0) is 37.0 Å². The van der Waals surface area contributed by atoms with Crippen LogP contribution in [0.25, 0.3) is 0 Å². The van der Waals surface area contributed by atoms with Crippen molar-refractivity contribution in [2.75, 3.05) is 25.4 Å². The minimum Gasteiger partial charge on any atom is -0.508 e. The molecule has 1 heterocycles. The first-order valence-corrected chi connectivity index (χ1v) is 6.10. The third-order valence-electron chi connectivity index (χ3n) is 3.38. The van der Waals surface area contributed by atoms with Crippen LogP contribution in [-0.4, -0.2) is 40.7 Å². The van der Waals surface area contributed by atoms with E-state index < -0.39 is 0 Å². The molecule has 1 atom stereocenters. The molecule has 18 heavy (non-hydrogen) atoms. The lowest BCUT2D eigenvalue weighted by Crippen LogP contribution is -2.29. The fraction of sp³-hybridized carbons (Fsp3) is 0.462. The third-order valence-corrected chi connectivity index (χ3v) is 3.38. The topological polar surface area (TPSA) is 86.8 Å². The second-order valence-electron chi connectivity index (χ2n) is 4.69. The fourth-order valence-corrected chi connectivity index (χ4v) is 2.34. The van der Waals surface area contributed by atoms with E-state index in [9.17, 15) is 9.90 Å². The molecule has 1 aromatic carbocycles. The molecule has 0 aromatic heterocycles. The summed E-state index contributed by atoms with van der Waals surface area (Å²) in [6, 6.07) is 4.39. The van der Waals surface area contributed by atoms with Crippen LogP contribution in [0.3, 0.4) is 0 Å². The summed E-state index contributed by atoms with van der Waals surface area (Å²) in [5, 5.41) is 18.3. The zero-order valence-corrected chi connectivity index (χ0v) is 10.2. The summed E-state index contributed by atoms with van der Waals surface area (Å²) in [6.07, 6.45) is 1.63. The molecule has 1 aromatic rings. The van der Waals surface area contributed by atoms with Crippen LogP contribution < -0.4 is 5.73 Å². The van der Waals surface area contributed by atoms with Gasteiger partial charge in [0.1, 0.15) is 5.75 Å². The lowest BCUT2D eigenvalue weighted by atomic mass is 10.1. The Morgan fingerprint density at radius 2 is 2.28 bits per heavy atom. The van der Waals surface area contributed by atoms with E-state index >= 15 is 0 Å². The number of amides is 1. The van der Waals surface area contributed by atoms with Gasteiger partial charge in [0.2, 0.25) is 0 Å². The monoisotopic (exact) mass is 250 g/mol. The number of hydrogen-bond donors (Lipinski definition) is 3. The molecule has 2 rings (SSSR count). The van der Waals surface area contributed by atoms with Crippen molar-refractivity contribution in [3.05, 3.63) is 23.8 Å². The molecule has 4 N–H and O–H groups in total. The summed E-state index contributed by atoms with van der Waals surface area (Å²) in [6.45, 7) is 1.48. The predicted octanol–water partition coefficient (Wildman–Crippen LogP) is 0.819. The smallest absolute Gasteiger partial charge is 0.256 e. The molecule has 0 saturated carbocycles. The summed E-state index contributed by atoms with van der Waals surface area (Å²) in [7, 11) is 0. The van der Waals surface area contributed by atoms with Crippen molar-refractivity contribution in [2.24, 2.45) is 5.92 Å². The zero-order chi connectivity index (χ0) is 13.1. The number of carbonyl (C=O) groups excluding carboxylic acids is 1. The number of phenolic OH excluding ortho intramolecular Hbond substituents is 1. The number of nitrogens with two attached hydrogens (primary N) is 1. The van der Waals surface area contributed by atoms with Crippen LogP contribution in [-0.2, 0) is 0 Å². The quantitative estimate of drug-likeness (QED) is 0.547. The highest BCUT2D eigenvalue weighted by atomic mass is 16.3. The molecule has 1 aliphatic heterocycles. The maximum atomic E-state index is 12.2. The van der Waals surface area contributed by atoms with Crippen molar-refractivity contribution in [3.63, 3.8) is 0 Å². The molecule has 1 aliphatic rings. The van der Waals surface area contributed by atoms with Gasteiger partial charge in [0, 0.05) is 25.4 Å². The molecule has 0 radical (unpaired) electrons. The Morgan fingerprint density at radius 3 is 3.00 bits per heavy atom. The Bertz CT molecular complexity index is 448. The largest absolute Gasteiger partial charge is 0.508 e. The molecule has 1 saturated heterocycles. The molecule has 5 nitrogen and oxygen atoms in total. The lowest BCUT2D eigenvalue weighted by molar-refractivity contribution is 0.0785. The van der Waals surface area contributed by atoms with Gasteiger partial charge >= 0.3 is 0 Å². The van der Waals surface area contributed by atoms with Crippen LogP contribution >= 0.6 is 0 Å². The first kappa shape index (κ1) is 12.7. The number of nitrogen functional groups attached to an aromatic ring is 1. The number of phenols is 1. The van der Waals surface area contributed by atoms with Gasteiger partial charge in [0.05, 0.1) is 5.56 Å². The number of anilines is 1. The molecule has 0 spiro atoms. The summed E-state index contributed by atoms with van der Waals surface area (Å²) < 4.78 is 0. The number of nitrogens with zero attached hydrogens (tertiary/aromatic N) is 1. The molecule has 5 heteroatoms. The number of aliphatic hydroxyl groups excluding tert-OH is 1.